The van der Waals surface area contributed by atoms with Crippen molar-refractivity contribution in [1.82, 2.24) is 35.7 Å². The monoisotopic (exact) mass is 703 g/mol. The van der Waals surface area contributed by atoms with Crippen LogP contribution < -0.4 is 16.0 Å². The van der Waals surface area contributed by atoms with Gasteiger partial charge in [0.1, 0.15) is 6.61 Å². The summed E-state index contributed by atoms with van der Waals surface area (Å²) in [6.45, 7) is 15.0. The molecule has 3 N–H and O–H groups in total. The number of nitrogens with one attached hydrogen (secondary N) is 3. The average Bonchev–Trinajstić information content (AvgIpc) is 3.79. The molecule has 4 rings (SSSR count). The molecular formula is C34H53N7O5S2. The molecule has 14 heteroatoms. The second-order valence-corrected chi connectivity index (χ2v) is 13.5. The maximum atomic E-state index is 12.3. The number of hydrogen-bond acceptors (Lipinski definition) is 10. The number of ether oxygens (including phenoxy) is 2. The van der Waals surface area contributed by atoms with Crippen LogP contribution >= 0.6 is 22.7 Å². The minimum Gasteiger partial charge on any atom is -0.444 e. The van der Waals surface area contributed by atoms with Gasteiger partial charge in [-0.2, -0.15) is 0 Å². The van der Waals surface area contributed by atoms with E-state index < -0.39 is 6.09 Å². The van der Waals surface area contributed by atoms with Gasteiger partial charge in [-0.25, -0.2) is 14.6 Å². The first-order valence-corrected chi connectivity index (χ1v) is 18.2. The Labute approximate surface area is 293 Å². The summed E-state index contributed by atoms with van der Waals surface area (Å²) < 4.78 is 10.3. The Balaban J connectivity index is 0.000000288. The lowest BCUT2D eigenvalue weighted by molar-refractivity contribution is -0.109. The van der Waals surface area contributed by atoms with E-state index in [2.05, 4.69) is 70.6 Å². The maximum absolute atomic E-state index is 12.3. The number of rotatable bonds is 15. The molecule has 1 atom stereocenters. The third kappa shape index (κ3) is 18.7. The molecule has 3 aromatic rings. The number of urea groups is 1. The Hall–Kier alpha value is -3.59. The van der Waals surface area contributed by atoms with Crippen LogP contribution in [-0.4, -0.2) is 97.3 Å². The van der Waals surface area contributed by atoms with Crippen molar-refractivity contribution in [2.45, 2.75) is 72.1 Å². The van der Waals surface area contributed by atoms with Crippen molar-refractivity contribution in [2.75, 3.05) is 53.0 Å². The topological polar surface area (TPSA) is 138 Å². The Bertz CT molecular complexity index is 1270. The molecule has 1 fully saturated rings. The zero-order valence-electron chi connectivity index (χ0n) is 29.0. The highest BCUT2D eigenvalue weighted by atomic mass is 32.1. The minimum atomic E-state index is -0.429. The average molecular weight is 704 g/mol. The highest BCUT2D eigenvalue weighted by molar-refractivity contribution is 7.09. The van der Waals surface area contributed by atoms with Gasteiger partial charge in [0.25, 0.3) is 0 Å². The van der Waals surface area contributed by atoms with Gasteiger partial charge in [0.2, 0.25) is 6.41 Å². The number of aromatic nitrogens is 2. The molecule has 0 radical (unpaired) electrons. The van der Waals surface area contributed by atoms with Crippen LogP contribution in [0.4, 0.5) is 9.59 Å². The highest BCUT2D eigenvalue weighted by Crippen LogP contribution is 2.19. The van der Waals surface area contributed by atoms with Gasteiger partial charge in [0.05, 0.1) is 40.8 Å². The number of carbonyl (C=O) groups is 3. The molecule has 266 valence electrons. The Kier molecular flexibility index (Phi) is 20.7. The smallest absolute Gasteiger partial charge is 0.407 e. The van der Waals surface area contributed by atoms with Crippen molar-refractivity contribution in [2.24, 2.45) is 0 Å². The fourth-order valence-corrected chi connectivity index (χ4v) is 5.54. The first-order valence-electron chi connectivity index (χ1n) is 16.4. The highest BCUT2D eigenvalue weighted by Gasteiger charge is 2.16. The van der Waals surface area contributed by atoms with E-state index >= 15 is 0 Å². The van der Waals surface area contributed by atoms with Crippen molar-refractivity contribution in [3.63, 3.8) is 0 Å². The fourth-order valence-electron chi connectivity index (χ4n) is 4.21. The van der Waals surface area contributed by atoms with Gasteiger partial charge in [0, 0.05) is 63.3 Å². The number of carbonyl (C=O) groups excluding carboxylic acids is 3. The summed E-state index contributed by atoms with van der Waals surface area (Å²) >= 11 is 3.11. The molecule has 3 heterocycles. The lowest BCUT2D eigenvalue weighted by Crippen LogP contribution is -2.44. The zero-order valence-corrected chi connectivity index (χ0v) is 30.6. The lowest BCUT2D eigenvalue weighted by Gasteiger charge is -2.28. The van der Waals surface area contributed by atoms with Gasteiger partial charge in [-0.15, -0.1) is 22.7 Å². The molecule has 12 nitrogen and oxygen atoms in total. The van der Waals surface area contributed by atoms with Crippen molar-refractivity contribution >= 4 is 41.2 Å². The standard InChI is InChI=1S/C17H30N4O2S.C10H15N3O3S.C7H8/c1-13(2)16-19-15(12-24-16)11-20(4)17(22)18-14(3)5-6-21-7-9-23-10-8-21;14-7-11-3-1-2-4-13-10(15)16-6-9-5-12-8-17-9;1-7-5-3-2-4-6-7/h12-14H,5-11H2,1-4H3,(H,18,22);5,7-8H,1-4,6H2,(H,11,14)(H,13,15);2-6H,1H3. The number of morpholine rings is 1. The second-order valence-electron chi connectivity index (χ2n) is 11.7. The Morgan fingerprint density at radius 1 is 1.10 bits per heavy atom. The molecule has 0 bridgehead atoms. The number of benzene rings is 1. The third-order valence-electron chi connectivity index (χ3n) is 7.03. The van der Waals surface area contributed by atoms with Crippen LogP contribution in [0.2, 0.25) is 0 Å². The van der Waals surface area contributed by atoms with E-state index in [0.29, 0.717) is 32.0 Å². The fraction of sp³-hybridized carbons (Fsp3) is 0.559. The zero-order chi connectivity index (χ0) is 35.0. The summed E-state index contributed by atoms with van der Waals surface area (Å²) in [6, 6.07) is 10.4. The molecule has 0 aliphatic carbocycles. The summed E-state index contributed by atoms with van der Waals surface area (Å²) in [5, 5.41) is 11.4. The number of aryl methyl sites for hydroxylation is 1. The maximum Gasteiger partial charge on any atom is 0.407 e. The molecule has 1 aliphatic rings. The van der Waals surface area contributed by atoms with Gasteiger partial charge in [-0.1, -0.05) is 49.7 Å². The molecule has 4 amide bonds. The van der Waals surface area contributed by atoms with E-state index in [-0.39, 0.29) is 18.7 Å². The predicted molar refractivity (Wildman–Crippen MR) is 192 cm³/mol. The first-order chi connectivity index (χ1) is 23.2. The summed E-state index contributed by atoms with van der Waals surface area (Å²) in [5.74, 6) is 0.433. The molecule has 0 saturated carbocycles. The van der Waals surface area contributed by atoms with Crippen LogP contribution in [0, 0.1) is 6.92 Å². The van der Waals surface area contributed by atoms with Gasteiger partial charge in [-0.05, 0) is 33.1 Å². The first kappa shape index (κ1) is 40.6. The van der Waals surface area contributed by atoms with Crippen LogP contribution in [0.25, 0.3) is 0 Å². The molecule has 1 aliphatic heterocycles. The molecule has 1 saturated heterocycles. The number of nitrogens with zero attached hydrogens (tertiary/aromatic N) is 4. The van der Waals surface area contributed by atoms with Crippen LogP contribution in [0.15, 0.2) is 47.4 Å². The van der Waals surface area contributed by atoms with E-state index in [1.54, 1.807) is 27.9 Å². The molecule has 2 aromatic heterocycles. The molecular weight excluding hydrogens is 651 g/mol. The number of amides is 4. The SMILES string of the molecule is CC(CCN1CCOCC1)NC(=O)N(C)Cc1csc(C(C)C)n1.Cc1ccccc1.O=CNCCCCNC(=O)OCc1cncs1. The van der Waals surface area contributed by atoms with E-state index in [0.717, 1.165) is 67.7 Å². The summed E-state index contributed by atoms with van der Waals surface area (Å²) in [5.41, 5.74) is 3.97. The van der Waals surface area contributed by atoms with Gasteiger partial charge >= 0.3 is 12.1 Å². The largest absolute Gasteiger partial charge is 0.444 e. The van der Waals surface area contributed by atoms with Crippen molar-refractivity contribution in [3.8, 4) is 0 Å². The van der Waals surface area contributed by atoms with E-state index in [9.17, 15) is 14.4 Å². The molecule has 1 aromatic carbocycles. The summed E-state index contributed by atoms with van der Waals surface area (Å²) in [6.07, 6.45) is 4.49. The van der Waals surface area contributed by atoms with E-state index in [4.69, 9.17) is 9.47 Å². The molecule has 1 unspecified atom stereocenters. The normalized spacial score (nSPS) is 13.2. The number of hydrogen-bond donors (Lipinski definition) is 3. The summed E-state index contributed by atoms with van der Waals surface area (Å²) in [4.78, 5) is 46.9. The van der Waals surface area contributed by atoms with Crippen LogP contribution in [0.5, 0.6) is 0 Å². The van der Waals surface area contributed by atoms with Gasteiger partial charge in [0.15, 0.2) is 0 Å². The minimum absolute atomic E-state index is 0.0384. The molecule has 48 heavy (non-hydrogen) atoms. The Morgan fingerprint density at radius 3 is 2.44 bits per heavy atom. The van der Waals surface area contributed by atoms with Crippen LogP contribution in [0.3, 0.4) is 0 Å². The van der Waals surface area contributed by atoms with E-state index in [1.165, 1.54) is 16.9 Å². The predicted octanol–water partition coefficient (Wildman–Crippen LogP) is 5.41. The lowest BCUT2D eigenvalue weighted by atomic mass is 10.2. The molecule has 0 spiro atoms. The quantitative estimate of drug-likeness (QED) is 0.141. The Morgan fingerprint density at radius 2 is 1.83 bits per heavy atom. The second kappa shape index (κ2) is 24.5. The number of thiazole rings is 2. The van der Waals surface area contributed by atoms with Crippen molar-refractivity contribution < 1.29 is 23.9 Å². The van der Waals surface area contributed by atoms with Crippen LogP contribution in [-0.2, 0) is 27.4 Å². The van der Waals surface area contributed by atoms with Gasteiger partial charge in [-0.3, -0.25) is 14.7 Å². The number of alkyl carbamates (subject to hydrolysis) is 1. The third-order valence-corrected chi connectivity index (χ3v) is 8.98. The number of unbranched alkanes of at least 4 members (excludes halogenated alkanes) is 1. The van der Waals surface area contributed by atoms with E-state index in [1.807, 2.05) is 30.6 Å². The summed E-state index contributed by atoms with van der Waals surface area (Å²) in [7, 11) is 1.82. The van der Waals surface area contributed by atoms with Crippen molar-refractivity contribution in [1.29, 1.82) is 0 Å². The van der Waals surface area contributed by atoms with Gasteiger partial charge < -0.3 is 30.3 Å². The van der Waals surface area contributed by atoms with Crippen LogP contribution in [0.1, 0.15) is 67.1 Å². The van der Waals surface area contributed by atoms with Crippen molar-refractivity contribution in [3.05, 3.63) is 68.6 Å².